The zero-order valence-corrected chi connectivity index (χ0v) is 20.6. The molecular formula is C30H33N3O2. The van der Waals surface area contributed by atoms with Gasteiger partial charge < -0.3 is 14.6 Å². The molecule has 0 atom stereocenters. The lowest BCUT2D eigenvalue weighted by atomic mass is 9.77. The van der Waals surface area contributed by atoms with Gasteiger partial charge in [0.05, 0.1) is 12.0 Å². The largest absolute Gasteiger partial charge is 0.444 e. The first-order valence-electron chi connectivity index (χ1n) is 12.1. The molecule has 1 heterocycles. The second-order valence-corrected chi connectivity index (χ2v) is 9.61. The van der Waals surface area contributed by atoms with Gasteiger partial charge in [-0.2, -0.15) is 0 Å². The summed E-state index contributed by atoms with van der Waals surface area (Å²) in [5, 5.41) is 2.83. The highest BCUT2D eigenvalue weighted by Gasteiger charge is 2.38. The monoisotopic (exact) mass is 467 g/mol. The fraction of sp³-hybridized carbons (Fsp3) is 0.267. The van der Waals surface area contributed by atoms with E-state index >= 15 is 0 Å². The molecule has 1 aromatic heterocycles. The summed E-state index contributed by atoms with van der Waals surface area (Å²) in [6, 6.07) is 31.6. The number of carbonyl (C=O) groups is 1. The SMILES string of the molecule is CC(C)(C)OC(=O)NCCCc1cn(C(c2ccccc2)(c2ccccc2)c2ccccc2)cn1. The van der Waals surface area contributed by atoms with Crippen molar-refractivity contribution in [1.29, 1.82) is 0 Å². The van der Waals surface area contributed by atoms with Crippen molar-refractivity contribution in [3.8, 4) is 0 Å². The van der Waals surface area contributed by atoms with Crippen molar-refractivity contribution < 1.29 is 9.53 Å². The van der Waals surface area contributed by atoms with Crippen molar-refractivity contribution >= 4 is 6.09 Å². The number of amides is 1. The molecule has 180 valence electrons. The maximum atomic E-state index is 11.9. The summed E-state index contributed by atoms with van der Waals surface area (Å²) < 4.78 is 7.53. The van der Waals surface area contributed by atoms with Gasteiger partial charge in [0, 0.05) is 12.7 Å². The number of ether oxygens (including phenoxy) is 1. The summed E-state index contributed by atoms with van der Waals surface area (Å²) >= 11 is 0. The molecule has 1 N–H and O–H groups in total. The first kappa shape index (κ1) is 24.3. The van der Waals surface area contributed by atoms with Crippen LogP contribution >= 0.6 is 0 Å². The van der Waals surface area contributed by atoms with E-state index in [2.05, 4.69) is 88.9 Å². The molecule has 1 amide bonds. The molecule has 35 heavy (non-hydrogen) atoms. The van der Waals surface area contributed by atoms with Gasteiger partial charge in [0.15, 0.2) is 0 Å². The number of rotatable bonds is 8. The molecule has 0 bridgehead atoms. The molecule has 5 heteroatoms. The van der Waals surface area contributed by atoms with Crippen molar-refractivity contribution in [2.75, 3.05) is 6.54 Å². The van der Waals surface area contributed by atoms with E-state index in [0.29, 0.717) is 6.54 Å². The molecule has 5 nitrogen and oxygen atoms in total. The van der Waals surface area contributed by atoms with Gasteiger partial charge in [-0.15, -0.1) is 0 Å². The van der Waals surface area contributed by atoms with Crippen LogP contribution in [0.15, 0.2) is 104 Å². The predicted octanol–water partition coefficient (Wildman–Crippen LogP) is 6.18. The second-order valence-electron chi connectivity index (χ2n) is 9.61. The van der Waals surface area contributed by atoms with Crippen molar-refractivity contribution in [2.45, 2.75) is 44.8 Å². The Morgan fingerprint density at radius 1 is 0.829 bits per heavy atom. The van der Waals surface area contributed by atoms with E-state index in [9.17, 15) is 4.79 Å². The standard InChI is InChI=1S/C30H33N3O2/c1-29(2,3)35-28(34)31-21-13-20-27-22-33(23-32-27)30(24-14-7-4-8-15-24,25-16-9-5-10-17-25)26-18-11-6-12-19-26/h4-12,14-19,22-23H,13,20-21H2,1-3H3,(H,31,34). The van der Waals surface area contributed by atoms with Crippen LogP contribution in [-0.4, -0.2) is 27.8 Å². The van der Waals surface area contributed by atoms with E-state index in [1.54, 1.807) is 0 Å². The minimum atomic E-state index is -0.566. The van der Waals surface area contributed by atoms with Gasteiger partial charge in [-0.05, 0) is 50.3 Å². The molecule has 3 aromatic carbocycles. The first-order chi connectivity index (χ1) is 16.9. The molecule has 0 aliphatic carbocycles. The third-order valence-corrected chi connectivity index (χ3v) is 5.88. The molecule has 0 fully saturated rings. The lowest BCUT2D eigenvalue weighted by molar-refractivity contribution is 0.0527. The summed E-state index contributed by atoms with van der Waals surface area (Å²) in [6.45, 7) is 6.11. The normalized spacial score (nSPS) is 11.7. The quantitative estimate of drug-likeness (QED) is 0.249. The Morgan fingerprint density at radius 2 is 1.31 bits per heavy atom. The van der Waals surface area contributed by atoms with Crippen LogP contribution in [0, 0.1) is 0 Å². The average Bonchev–Trinajstić information content (AvgIpc) is 3.32. The summed E-state index contributed by atoms with van der Waals surface area (Å²) in [6.07, 6.45) is 5.17. The molecule has 0 unspecified atom stereocenters. The van der Waals surface area contributed by atoms with E-state index in [0.717, 1.165) is 35.2 Å². The van der Waals surface area contributed by atoms with Crippen molar-refractivity contribution in [2.24, 2.45) is 0 Å². The summed E-state index contributed by atoms with van der Waals surface area (Å²) in [5.74, 6) is 0. The van der Waals surface area contributed by atoms with Crippen molar-refractivity contribution in [3.63, 3.8) is 0 Å². The summed E-state index contributed by atoms with van der Waals surface area (Å²) in [4.78, 5) is 16.7. The number of nitrogens with one attached hydrogen (secondary N) is 1. The molecule has 0 radical (unpaired) electrons. The first-order valence-corrected chi connectivity index (χ1v) is 12.1. The van der Waals surface area contributed by atoms with Crippen molar-refractivity contribution in [3.05, 3.63) is 126 Å². The number of aryl methyl sites for hydroxylation is 1. The lowest BCUT2D eigenvalue weighted by Crippen LogP contribution is -2.36. The van der Waals surface area contributed by atoms with Gasteiger partial charge >= 0.3 is 6.09 Å². The van der Waals surface area contributed by atoms with Crippen LogP contribution in [0.25, 0.3) is 0 Å². The van der Waals surface area contributed by atoms with Gasteiger partial charge in [0.2, 0.25) is 0 Å². The van der Waals surface area contributed by atoms with E-state index in [4.69, 9.17) is 9.72 Å². The van der Waals surface area contributed by atoms with Gasteiger partial charge in [-0.25, -0.2) is 9.78 Å². The average molecular weight is 468 g/mol. The molecule has 4 aromatic rings. The number of benzene rings is 3. The number of imidazole rings is 1. The van der Waals surface area contributed by atoms with E-state index in [1.807, 2.05) is 45.3 Å². The summed E-state index contributed by atoms with van der Waals surface area (Å²) in [5.41, 5.74) is 3.39. The van der Waals surface area contributed by atoms with Gasteiger partial charge in [0.1, 0.15) is 11.1 Å². The van der Waals surface area contributed by atoms with Crippen LogP contribution in [0.4, 0.5) is 4.79 Å². The van der Waals surface area contributed by atoms with E-state index < -0.39 is 11.1 Å². The second kappa shape index (κ2) is 10.6. The Balaban J connectivity index is 1.64. The predicted molar refractivity (Wildman–Crippen MR) is 139 cm³/mol. The molecule has 4 rings (SSSR count). The number of hydrogen-bond donors (Lipinski definition) is 1. The van der Waals surface area contributed by atoms with Crippen LogP contribution in [0.1, 0.15) is 49.6 Å². The zero-order valence-electron chi connectivity index (χ0n) is 20.6. The molecule has 0 aliphatic rings. The summed E-state index contributed by atoms with van der Waals surface area (Å²) in [7, 11) is 0. The number of nitrogens with zero attached hydrogens (tertiary/aromatic N) is 2. The Morgan fingerprint density at radius 3 is 1.77 bits per heavy atom. The third kappa shape index (κ3) is 5.62. The van der Waals surface area contributed by atoms with Gasteiger partial charge in [0.25, 0.3) is 0 Å². The van der Waals surface area contributed by atoms with Gasteiger partial charge in [-0.3, -0.25) is 0 Å². The maximum Gasteiger partial charge on any atom is 0.407 e. The van der Waals surface area contributed by atoms with Crippen molar-refractivity contribution in [1.82, 2.24) is 14.9 Å². The minimum absolute atomic E-state index is 0.390. The zero-order chi connectivity index (χ0) is 24.7. The highest BCUT2D eigenvalue weighted by atomic mass is 16.6. The highest BCUT2D eigenvalue weighted by molar-refractivity contribution is 5.67. The van der Waals surface area contributed by atoms with Crippen LogP contribution < -0.4 is 5.32 Å². The van der Waals surface area contributed by atoms with E-state index in [-0.39, 0.29) is 6.09 Å². The number of carbonyl (C=O) groups excluding carboxylic acids is 1. The molecule has 0 aliphatic heterocycles. The number of alkyl carbamates (subject to hydrolysis) is 1. The van der Waals surface area contributed by atoms with E-state index in [1.165, 1.54) is 0 Å². The van der Waals surface area contributed by atoms with Crippen LogP contribution in [-0.2, 0) is 16.7 Å². The van der Waals surface area contributed by atoms with Crippen LogP contribution in [0.3, 0.4) is 0 Å². The molecule has 0 saturated heterocycles. The fourth-order valence-corrected chi connectivity index (χ4v) is 4.44. The van der Waals surface area contributed by atoms with Crippen LogP contribution in [0.2, 0.25) is 0 Å². The Bertz CT molecular complexity index is 1120. The maximum absolute atomic E-state index is 11.9. The Hall–Kier alpha value is -3.86. The molecule has 0 saturated carbocycles. The van der Waals surface area contributed by atoms with Gasteiger partial charge in [-0.1, -0.05) is 91.0 Å². The molecular weight excluding hydrogens is 434 g/mol. The fourth-order valence-electron chi connectivity index (χ4n) is 4.44. The molecule has 0 spiro atoms. The van der Waals surface area contributed by atoms with Crippen LogP contribution in [0.5, 0.6) is 0 Å². The Labute approximate surface area is 207 Å². The Kier molecular flexibility index (Phi) is 7.35. The lowest BCUT2D eigenvalue weighted by Gasteiger charge is -2.37. The topological polar surface area (TPSA) is 56.1 Å². The number of aromatic nitrogens is 2. The highest BCUT2D eigenvalue weighted by Crippen LogP contribution is 2.40. The smallest absolute Gasteiger partial charge is 0.407 e. The minimum Gasteiger partial charge on any atom is -0.444 e. The third-order valence-electron chi connectivity index (χ3n) is 5.88. The number of hydrogen-bond acceptors (Lipinski definition) is 3.